The molecule has 0 saturated carbocycles. The molecule has 0 aliphatic rings. The molecule has 0 radical (unpaired) electrons. The molecular formula is C11H16N2O4. The van der Waals surface area contributed by atoms with E-state index in [9.17, 15) is 15.0 Å². The Hall–Kier alpha value is -1.66. The van der Waals surface area contributed by atoms with Crippen molar-refractivity contribution in [1.82, 2.24) is 4.98 Å². The molecule has 0 aromatic carbocycles. The minimum atomic E-state index is -1.30. The Morgan fingerprint density at radius 1 is 1.59 bits per heavy atom. The molecule has 6 nitrogen and oxygen atoms in total. The van der Waals surface area contributed by atoms with E-state index in [0.717, 1.165) is 0 Å². The van der Waals surface area contributed by atoms with Crippen LogP contribution in [0.3, 0.4) is 0 Å². The van der Waals surface area contributed by atoms with Crippen LogP contribution in [0.1, 0.15) is 25.1 Å². The van der Waals surface area contributed by atoms with Crippen molar-refractivity contribution in [1.29, 1.82) is 0 Å². The van der Waals surface area contributed by atoms with Crippen LogP contribution in [0.15, 0.2) is 18.3 Å². The summed E-state index contributed by atoms with van der Waals surface area (Å²) < 4.78 is 4.67. The molecule has 0 spiro atoms. The summed E-state index contributed by atoms with van der Waals surface area (Å²) in [6, 6.07) is 3.17. The largest absolute Gasteiger partial charge is 0.466 e. The Morgan fingerprint density at radius 2 is 2.29 bits per heavy atom. The monoisotopic (exact) mass is 240 g/mol. The minimum Gasteiger partial charge on any atom is -0.466 e. The van der Waals surface area contributed by atoms with Gasteiger partial charge in [-0.05, 0) is 19.1 Å². The van der Waals surface area contributed by atoms with E-state index in [2.05, 4.69) is 9.72 Å². The first-order valence-corrected chi connectivity index (χ1v) is 5.28. The van der Waals surface area contributed by atoms with Gasteiger partial charge in [0.05, 0.1) is 30.5 Å². The van der Waals surface area contributed by atoms with Gasteiger partial charge in [-0.3, -0.25) is 9.78 Å². The highest BCUT2D eigenvalue weighted by atomic mass is 16.5. The zero-order valence-electron chi connectivity index (χ0n) is 9.54. The smallest absolute Gasteiger partial charge is 0.308 e. The molecule has 0 bridgehead atoms. The zero-order valence-corrected chi connectivity index (χ0v) is 9.54. The van der Waals surface area contributed by atoms with Crippen LogP contribution >= 0.6 is 0 Å². The van der Waals surface area contributed by atoms with Crippen LogP contribution in [-0.4, -0.2) is 33.9 Å². The van der Waals surface area contributed by atoms with Crippen LogP contribution in [0.4, 0.5) is 5.69 Å². The van der Waals surface area contributed by atoms with Crippen molar-refractivity contribution < 1.29 is 19.7 Å². The average Bonchev–Trinajstić information content (AvgIpc) is 2.29. The number of aromatic nitrogens is 1. The maximum absolute atomic E-state index is 11.1. The lowest BCUT2D eigenvalue weighted by atomic mass is 10.1. The number of carbonyl (C=O) groups is 1. The molecule has 0 aliphatic heterocycles. The molecular weight excluding hydrogens is 224 g/mol. The molecule has 0 aliphatic carbocycles. The number of hydrogen-bond acceptors (Lipinski definition) is 6. The fourth-order valence-corrected chi connectivity index (χ4v) is 1.36. The second-order valence-electron chi connectivity index (χ2n) is 3.50. The summed E-state index contributed by atoms with van der Waals surface area (Å²) >= 11 is 0. The van der Waals surface area contributed by atoms with E-state index in [-0.39, 0.29) is 24.4 Å². The van der Waals surface area contributed by atoms with E-state index in [1.807, 2.05) is 0 Å². The Balaban J connectivity index is 2.67. The molecule has 17 heavy (non-hydrogen) atoms. The number of aliphatic hydroxyl groups is 2. The van der Waals surface area contributed by atoms with Gasteiger partial charge in [0, 0.05) is 6.20 Å². The molecule has 1 aromatic heterocycles. The quantitative estimate of drug-likeness (QED) is 0.626. The number of carbonyl (C=O) groups excluding carboxylic acids is 1. The summed E-state index contributed by atoms with van der Waals surface area (Å²) in [5.41, 5.74) is 6.02. The highest BCUT2D eigenvalue weighted by molar-refractivity contribution is 5.70. The third-order valence-corrected chi connectivity index (χ3v) is 2.20. The fourth-order valence-electron chi connectivity index (χ4n) is 1.36. The summed E-state index contributed by atoms with van der Waals surface area (Å²) in [7, 11) is 0. The molecule has 2 atom stereocenters. The lowest BCUT2D eigenvalue weighted by molar-refractivity contribution is -0.147. The molecule has 1 heterocycles. The Labute approximate surface area is 99.0 Å². The standard InChI is InChI=1S/C11H16N2O4/c1-2-17-9(15)6-8(14)11(16)10-7(12)4-3-5-13-10/h3-5,8,11,14,16H,2,6,12H2,1H3. The average molecular weight is 240 g/mol. The van der Waals surface area contributed by atoms with Gasteiger partial charge in [-0.15, -0.1) is 0 Å². The second kappa shape index (κ2) is 6.17. The molecule has 94 valence electrons. The number of nitrogen functional groups attached to an aromatic ring is 1. The Bertz CT molecular complexity index is 383. The van der Waals surface area contributed by atoms with Crippen molar-refractivity contribution in [3.05, 3.63) is 24.0 Å². The first-order chi connectivity index (χ1) is 8.06. The first kappa shape index (κ1) is 13.4. The number of aliphatic hydroxyl groups excluding tert-OH is 2. The van der Waals surface area contributed by atoms with E-state index in [1.54, 1.807) is 19.1 Å². The number of nitrogens with two attached hydrogens (primary N) is 1. The van der Waals surface area contributed by atoms with Crippen molar-refractivity contribution in [2.24, 2.45) is 0 Å². The molecule has 2 unspecified atom stereocenters. The molecule has 6 heteroatoms. The molecule has 1 aromatic rings. The van der Waals surface area contributed by atoms with Gasteiger partial charge in [-0.2, -0.15) is 0 Å². The molecule has 1 rings (SSSR count). The van der Waals surface area contributed by atoms with E-state index >= 15 is 0 Å². The first-order valence-electron chi connectivity index (χ1n) is 5.28. The zero-order chi connectivity index (χ0) is 12.8. The van der Waals surface area contributed by atoms with Crippen LogP contribution in [0.5, 0.6) is 0 Å². The number of pyridine rings is 1. The third kappa shape index (κ3) is 3.69. The maximum Gasteiger partial charge on any atom is 0.308 e. The van der Waals surface area contributed by atoms with Gasteiger partial charge in [-0.1, -0.05) is 0 Å². The normalized spacial score (nSPS) is 14.1. The topological polar surface area (TPSA) is 106 Å². The van der Waals surface area contributed by atoms with Gasteiger partial charge in [-0.25, -0.2) is 0 Å². The van der Waals surface area contributed by atoms with Crippen LogP contribution < -0.4 is 5.73 Å². The van der Waals surface area contributed by atoms with Gasteiger partial charge < -0.3 is 20.7 Å². The van der Waals surface area contributed by atoms with E-state index in [4.69, 9.17) is 5.73 Å². The number of anilines is 1. The van der Waals surface area contributed by atoms with Gasteiger partial charge >= 0.3 is 5.97 Å². The number of ether oxygens (including phenoxy) is 1. The van der Waals surface area contributed by atoms with Gasteiger partial charge in [0.15, 0.2) is 0 Å². The lowest BCUT2D eigenvalue weighted by Crippen LogP contribution is -2.24. The number of nitrogens with zero attached hydrogens (tertiary/aromatic N) is 1. The predicted octanol–water partition coefficient (Wildman–Crippen LogP) is 0.0113. The van der Waals surface area contributed by atoms with E-state index in [0.29, 0.717) is 0 Å². The summed E-state index contributed by atoms with van der Waals surface area (Å²) in [4.78, 5) is 15.0. The van der Waals surface area contributed by atoms with Crippen LogP contribution in [0, 0.1) is 0 Å². The van der Waals surface area contributed by atoms with Crippen molar-refractivity contribution >= 4 is 11.7 Å². The summed E-state index contributed by atoms with van der Waals surface area (Å²) in [6.45, 7) is 1.89. The van der Waals surface area contributed by atoms with Crippen LogP contribution in [0.25, 0.3) is 0 Å². The lowest BCUT2D eigenvalue weighted by Gasteiger charge is -2.17. The minimum absolute atomic E-state index is 0.157. The molecule has 4 N–H and O–H groups in total. The number of rotatable bonds is 5. The van der Waals surface area contributed by atoms with Gasteiger partial charge in [0.1, 0.15) is 6.10 Å². The predicted molar refractivity (Wildman–Crippen MR) is 60.9 cm³/mol. The SMILES string of the molecule is CCOC(=O)CC(O)C(O)c1ncccc1N. The van der Waals surface area contributed by atoms with Crippen molar-refractivity contribution in [3.8, 4) is 0 Å². The number of esters is 1. The highest BCUT2D eigenvalue weighted by Crippen LogP contribution is 2.22. The van der Waals surface area contributed by atoms with Crippen LogP contribution in [0.2, 0.25) is 0 Å². The van der Waals surface area contributed by atoms with E-state index < -0.39 is 18.2 Å². The van der Waals surface area contributed by atoms with Gasteiger partial charge in [0.2, 0.25) is 0 Å². The van der Waals surface area contributed by atoms with Crippen LogP contribution in [-0.2, 0) is 9.53 Å². The molecule has 0 fully saturated rings. The summed E-state index contributed by atoms with van der Waals surface area (Å²) in [5, 5.41) is 19.4. The van der Waals surface area contributed by atoms with E-state index in [1.165, 1.54) is 6.20 Å². The maximum atomic E-state index is 11.1. The summed E-state index contributed by atoms with van der Waals surface area (Å²) in [5.74, 6) is -0.575. The second-order valence-corrected chi connectivity index (χ2v) is 3.50. The fraction of sp³-hybridized carbons (Fsp3) is 0.455. The molecule has 0 saturated heterocycles. The highest BCUT2D eigenvalue weighted by Gasteiger charge is 2.24. The van der Waals surface area contributed by atoms with Crippen molar-refractivity contribution in [2.75, 3.05) is 12.3 Å². The van der Waals surface area contributed by atoms with Gasteiger partial charge in [0.25, 0.3) is 0 Å². The number of hydrogen-bond donors (Lipinski definition) is 3. The molecule has 0 amide bonds. The van der Waals surface area contributed by atoms with Crippen molar-refractivity contribution in [3.63, 3.8) is 0 Å². The summed E-state index contributed by atoms with van der Waals surface area (Å²) in [6.07, 6.45) is -1.44. The Kier molecular flexibility index (Phi) is 4.86. The third-order valence-electron chi connectivity index (χ3n) is 2.20. The van der Waals surface area contributed by atoms with Crippen molar-refractivity contribution in [2.45, 2.75) is 25.6 Å². The Morgan fingerprint density at radius 3 is 2.88 bits per heavy atom.